The van der Waals surface area contributed by atoms with Gasteiger partial charge < -0.3 is 33.7 Å². The van der Waals surface area contributed by atoms with E-state index in [-0.39, 0.29) is 6.61 Å². The van der Waals surface area contributed by atoms with Crippen molar-refractivity contribution in [1.29, 1.82) is 0 Å². The van der Waals surface area contributed by atoms with Crippen molar-refractivity contribution in [2.75, 3.05) is 57.5 Å². The number of carbonyl (C=O) groups excluding carboxylic acids is 1. The lowest BCUT2D eigenvalue weighted by atomic mass is 10.2. The molecule has 224 valence electrons. The first-order valence-electron chi connectivity index (χ1n) is 12.6. The lowest BCUT2D eigenvalue weighted by Gasteiger charge is -2.34. The van der Waals surface area contributed by atoms with E-state index >= 15 is 0 Å². The SMILES string of the molecule is Cn1c(N2CCN(C=O)CC2)c(OCCOCCOCc2ccccc2)c2cc(F)c(F)cc21.O=C(O)C(F)(F)F. The van der Waals surface area contributed by atoms with Crippen LogP contribution in [0.3, 0.4) is 0 Å². The summed E-state index contributed by atoms with van der Waals surface area (Å²) in [7, 11) is 1.80. The highest BCUT2D eigenvalue weighted by atomic mass is 19.4. The maximum Gasteiger partial charge on any atom is 0.490 e. The van der Waals surface area contributed by atoms with E-state index in [0.717, 1.165) is 17.8 Å². The Kier molecular flexibility index (Phi) is 11.3. The Morgan fingerprint density at radius 1 is 0.951 bits per heavy atom. The number of halogens is 5. The number of hydrogen-bond donors (Lipinski definition) is 1. The Labute approximate surface area is 232 Å². The summed E-state index contributed by atoms with van der Waals surface area (Å²) in [4.78, 5) is 23.7. The molecule has 0 saturated carbocycles. The second kappa shape index (κ2) is 14.6. The topological polar surface area (TPSA) is 93.5 Å². The number of alkyl halides is 3. The maximum absolute atomic E-state index is 14.1. The second-order valence-corrected chi connectivity index (χ2v) is 8.93. The number of aromatic nitrogens is 1. The molecular weight excluding hydrogens is 557 g/mol. The minimum absolute atomic E-state index is 0.248. The summed E-state index contributed by atoms with van der Waals surface area (Å²) in [6.45, 7) is 4.31. The van der Waals surface area contributed by atoms with Crippen molar-refractivity contribution in [3.8, 4) is 5.75 Å². The van der Waals surface area contributed by atoms with Crippen LogP contribution >= 0.6 is 0 Å². The molecule has 0 spiro atoms. The highest BCUT2D eigenvalue weighted by molar-refractivity contribution is 5.94. The van der Waals surface area contributed by atoms with Crippen LogP contribution in [0.1, 0.15) is 5.56 Å². The van der Waals surface area contributed by atoms with Gasteiger partial charge in [0.1, 0.15) is 6.61 Å². The van der Waals surface area contributed by atoms with Gasteiger partial charge in [0.2, 0.25) is 6.41 Å². The molecule has 2 aromatic carbocycles. The zero-order valence-corrected chi connectivity index (χ0v) is 22.2. The number of amides is 1. The van der Waals surface area contributed by atoms with Gasteiger partial charge in [0, 0.05) is 44.7 Å². The molecule has 14 heteroatoms. The number of piperazine rings is 1. The summed E-state index contributed by atoms with van der Waals surface area (Å²) in [5, 5.41) is 7.63. The minimum Gasteiger partial charge on any atom is -0.487 e. The molecule has 0 radical (unpaired) electrons. The third-order valence-corrected chi connectivity index (χ3v) is 6.13. The fourth-order valence-corrected chi connectivity index (χ4v) is 4.11. The number of aliphatic carboxylic acids is 1. The highest BCUT2D eigenvalue weighted by Gasteiger charge is 2.38. The highest BCUT2D eigenvalue weighted by Crippen LogP contribution is 2.40. The number of carboxylic acids is 1. The third kappa shape index (κ3) is 8.79. The monoisotopic (exact) mass is 587 g/mol. The molecule has 0 atom stereocenters. The van der Waals surface area contributed by atoms with Gasteiger partial charge in [-0.3, -0.25) is 4.79 Å². The van der Waals surface area contributed by atoms with Gasteiger partial charge in [0.25, 0.3) is 0 Å². The molecule has 3 aromatic rings. The summed E-state index contributed by atoms with van der Waals surface area (Å²) in [6, 6.07) is 12.3. The average molecular weight is 588 g/mol. The van der Waals surface area contributed by atoms with Crippen LogP contribution < -0.4 is 9.64 Å². The van der Waals surface area contributed by atoms with Crippen LogP contribution in [-0.4, -0.2) is 85.7 Å². The zero-order chi connectivity index (χ0) is 30.0. The number of ether oxygens (including phenoxy) is 3. The molecule has 1 aromatic heterocycles. The molecule has 1 fully saturated rings. The van der Waals surface area contributed by atoms with E-state index in [1.807, 2.05) is 34.9 Å². The largest absolute Gasteiger partial charge is 0.490 e. The Morgan fingerprint density at radius 3 is 2.15 bits per heavy atom. The van der Waals surface area contributed by atoms with Crippen LogP contribution in [0.4, 0.5) is 27.8 Å². The predicted octanol–water partition coefficient (Wildman–Crippen LogP) is 3.98. The Balaban J connectivity index is 0.000000587. The van der Waals surface area contributed by atoms with Crippen LogP contribution in [0.25, 0.3) is 10.9 Å². The average Bonchev–Trinajstić information content (AvgIpc) is 3.20. The fraction of sp³-hybridized carbons (Fsp3) is 0.407. The van der Waals surface area contributed by atoms with E-state index in [1.165, 1.54) is 12.1 Å². The fourth-order valence-electron chi connectivity index (χ4n) is 4.11. The predicted molar refractivity (Wildman–Crippen MR) is 139 cm³/mol. The summed E-state index contributed by atoms with van der Waals surface area (Å²) in [5.74, 6) is -3.37. The zero-order valence-electron chi connectivity index (χ0n) is 22.2. The molecule has 2 heterocycles. The summed E-state index contributed by atoms with van der Waals surface area (Å²) in [6.07, 6.45) is -4.25. The number of nitrogens with zero attached hydrogens (tertiary/aromatic N) is 3. The van der Waals surface area contributed by atoms with Crippen molar-refractivity contribution >= 4 is 29.1 Å². The van der Waals surface area contributed by atoms with Gasteiger partial charge in [-0.15, -0.1) is 0 Å². The van der Waals surface area contributed by atoms with Gasteiger partial charge >= 0.3 is 12.1 Å². The summed E-state index contributed by atoms with van der Waals surface area (Å²) in [5.41, 5.74) is 1.64. The maximum atomic E-state index is 14.1. The van der Waals surface area contributed by atoms with Crippen LogP contribution in [0.15, 0.2) is 42.5 Å². The van der Waals surface area contributed by atoms with Crippen LogP contribution in [0.2, 0.25) is 0 Å². The first kappa shape index (κ1) is 31.6. The van der Waals surface area contributed by atoms with E-state index in [4.69, 9.17) is 24.1 Å². The van der Waals surface area contributed by atoms with Gasteiger partial charge in [-0.25, -0.2) is 13.6 Å². The molecule has 9 nitrogen and oxygen atoms in total. The van der Waals surface area contributed by atoms with E-state index < -0.39 is 23.8 Å². The van der Waals surface area contributed by atoms with Gasteiger partial charge in [0.05, 0.1) is 31.9 Å². The third-order valence-electron chi connectivity index (χ3n) is 6.13. The number of carboxylic acid groups (broad SMARTS) is 1. The molecule has 0 bridgehead atoms. The number of hydrogen-bond acceptors (Lipinski definition) is 6. The molecule has 4 rings (SSSR count). The number of carbonyl (C=O) groups is 2. The molecule has 0 aliphatic carbocycles. The quantitative estimate of drug-likeness (QED) is 0.206. The van der Waals surface area contributed by atoms with Crippen LogP contribution in [-0.2, 0) is 32.7 Å². The second-order valence-electron chi connectivity index (χ2n) is 8.93. The Bertz CT molecular complexity index is 1290. The molecule has 1 saturated heterocycles. The van der Waals surface area contributed by atoms with E-state index in [1.54, 1.807) is 11.9 Å². The number of rotatable bonds is 11. The summed E-state index contributed by atoms with van der Waals surface area (Å²) >= 11 is 0. The summed E-state index contributed by atoms with van der Waals surface area (Å²) < 4.78 is 78.8. The van der Waals surface area contributed by atoms with Gasteiger partial charge in [0.15, 0.2) is 23.2 Å². The number of anilines is 1. The Hall–Kier alpha value is -3.91. The number of fused-ring (bicyclic) bond motifs is 1. The van der Waals surface area contributed by atoms with E-state index in [2.05, 4.69) is 4.90 Å². The van der Waals surface area contributed by atoms with Gasteiger partial charge in [-0.2, -0.15) is 13.2 Å². The van der Waals surface area contributed by atoms with Gasteiger partial charge in [-0.1, -0.05) is 30.3 Å². The van der Waals surface area contributed by atoms with Crippen molar-refractivity contribution in [2.24, 2.45) is 7.05 Å². The number of aryl methyl sites for hydroxylation is 1. The van der Waals surface area contributed by atoms with E-state index in [0.29, 0.717) is 69.3 Å². The normalized spacial score (nSPS) is 13.6. The molecule has 1 aliphatic rings. The molecule has 0 unspecified atom stereocenters. The number of benzene rings is 2. The van der Waals surface area contributed by atoms with Crippen molar-refractivity contribution in [3.63, 3.8) is 0 Å². The van der Waals surface area contributed by atoms with Crippen LogP contribution in [0.5, 0.6) is 5.75 Å². The molecule has 1 amide bonds. The van der Waals surface area contributed by atoms with Crippen molar-refractivity contribution in [3.05, 3.63) is 59.7 Å². The first-order chi connectivity index (χ1) is 19.5. The van der Waals surface area contributed by atoms with Crippen molar-refractivity contribution in [1.82, 2.24) is 9.47 Å². The standard InChI is InChI=1S/C25H29F2N3O4.C2HF3O2/c1-28-23-16-22(27)21(26)15-20(23)24(25(28)30-9-7-29(18-31)8-10-30)34-14-13-32-11-12-33-17-19-5-3-2-4-6-19;3-2(4,5)1(6)7/h2-6,15-16,18H,7-14,17H2,1H3;(H,6,7). The first-order valence-corrected chi connectivity index (χ1v) is 12.6. The van der Waals surface area contributed by atoms with Gasteiger partial charge in [-0.05, 0) is 11.6 Å². The minimum atomic E-state index is -5.08. The molecule has 41 heavy (non-hydrogen) atoms. The Morgan fingerprint density at radius 2 is 1.54 bits per heavy atom. The van der Waals surface area contributed by atoms with Crippen molar-refractivity contribution < 1.29 is 50.9 Å². The van der Waals surface area contributed by atoms with Crippen LogP contribution in [0, 0.1) is 11.6 Å². The van der Waals surface area contributed by atoms with E-state index in [9.17, 15) is 26.7 Å². The lowest BCUT2D eigenvalue weighted by molar-refractivity contribution is -0.192. The van der Waals surface area contributed by atoms with Crippen molar-refractivity contribution in [2.45, 2.75) is 12.8 Å². The lowest BCUT2D eigenvalue weighted by Crippen LogP contribution is -2.46. The molecule has 1 N–H and O–H groups in total. The smallest absolute Gasteiger partial charge is 0.487 e. The molecular formula is C27H30F5N3O6. The molecule has 1 aliphatic heterocycles.